The van der Waals surface area contributed by atoms with Crippen LogP contribution in [-0.2, 0) is 13.5 Å². The van der Waals surface area contributed by atoms with Crippen LogP contribution in [0.3, 0.4) is 0 Å². The number of hydrogen-bond acceptors (Lipinski definition) is 7. The molecule has 0 radical (unpaired) electrons. The Hall–Kier alpha value is -2.71. The first-order valence-corrected chi connectivity index (χ1v) is 5.55. The number of aromatic nitrogens is 4. The van der Waals surface area contributed by atoms with Crippen LogP contribution < -0.4 is 11.1 Å². The van der Waals surface area contributed by atoms with E-state index in [1.807, 2.05) is 7.05 Å². The van der Waals surface area contributed by atoms with Crippen molar-refractivity contribution in [3.63, 3.8) is 0 Å². The molecule has 0 amide bonds. The fourth-order valence-electron chi connectivity index (χ4n) is 1.57. The van der Waals surface area contributed by atoms with E-state index in [4.69, 9.17) is 5.73 Å². The molecule has 2 heterocycles. The number of nitro groups is 1. The van der Waals surface area contributed by atoms with Crippen molar-refractivity contribution in [2.75, 3.05) is 17.6 Å². The summed E-state index contributed by atoms with van der Waals surface area (Å²) in [6.07, 6.45) is 2.24. The smallest absolute Gasteiger partial charge is 0.276 e. The van der Waals surface area contributed by atoms with Crippen molar-refractivity contribution in [3.05, 3.63) is 34.4 Å². The lowest BCUT2D eigenvalue weighted by atomic mass is 10.3. The molecule has 2 aromatic heterocycles. The Kier molecular flexibility index (Phi) is 3.55. The maximum atomic E-state index is 10.7. The van der Waals surface area contributed by atoms with Crippen LogP contribution in [0, 0.1) is 10.1 Å². The van der Waals surface area contributed by atoms with Crippen molar-refractivity contribution < 1.29 is 4.92 Å². The summed E-state index contributed by atoms with van der Waals surface area (Å²) in [4.78, 5) is 14.2. The summed E-state index contributed by atoms with van der Waals surface area (Å²) in [7, 11) is 1.85. The third-order valence-corrected chi connectivity index (χ3v) is 2.50. The zero-order valence-corrected chi connectivity index (χ0v) is 10.3. The highest BCUT2D eigenvalue weighted by molar-refractivity contribution is 5.52. The summed E-state index contributed by atoms with van der Waals surface area (Å²) in [5.41, 5.74) is 5.42. The summed E-state index contributed by atoms with van der Waals surface area (Å²) in [6.45, 7) is 0.528. The van der Waals surface area contributed by atoms with Gasteiger partial charge >= 0.3 is 0 Å². The minimum atomic E-state index is -0.508. The Labute approximate surface area is 108 Å². The molecule has 0 fully saturated rings. The van der Waals surface area contributed by atoms with Gasteiger partial charge in [0.15, 0.2) is 0 Å². The van der Waals surface area contributed by atoms with Gasteiger partial charge in [0.1, 0.15) is 23.8 Å². The number of nitrogens with zero attached hydrogens (tertiary/aromatic N) is 5. The molecule has 0 saturated carbocycles. The highest BCUT2D eigenvalue weighted by atomic mass is 16.6. The van der Waals surface area contributed by atoms with Crippen LogP contribution in [0.15, 0.2) is 18.5 Å². The summed E-state index contributed by atoms with van der Waals surface area (Å²) in [5, 5.41) is 21.3. The first kappa shape index (κ1) is 12.7. The number of nitrogens with two attached hydrogens (primary N) is 1. The number of nitrogens with one attached hydrogen (secondary N) is 1. The highest BCUT2D eigenvalue weighted by Gasteiger charge is 2.09. The van der Waals surface area contributed by atoms with Crippen LogP contribution in [0.1, 0.15) is 5.82 Å². The number of anilines is 2. The molecule has 19 heavy (non-hydrogen) atoms. The molecule has 0 unspecified atom stereocenters. The third kappa shape index (κ3) is 3.15. The average molecular weight is 263 g/mol. The molecule has 0 aliphatic heterocycles. The number of aryl methyl sites for hydroxylation is 1. The van der Waals surface area contributed by atoms with Crippen molar-refractivity contribution >= 4 is 17.3 Å². The van der Waals surface area contributed by atoms with Crippen LogP contribution in [0.4, 0.5) is 17.3 Å². The summed E-state index contributed by atoms with van der Waals surface area (Å²) < 4.78 is 1.80. The molecule has 9 heteroatoms. The predicted octanol–water partition coefficient (Wildman–Crippen LogP) is 0.355. The maximum absolute atomic E-state index is 10.7. The normalized spacial score (nSPS) is 10.4. The van der Waals surface area contributed by atoms with E-state index >= 15 is 0 Å². The van der Waals surface area contributed by atoms with Gasteiger partial charge in [-0.15, -0.1) is 10.2 Å². The minimum Gasteiger partial charge on any atom is -0.383 e. The zero-order valence-electron chi connectivity index (χ0n) is 10.3. The molecule has 0 aliphatic carbocycles. The van der Waals surface area contributed by atoms with Gasteiger partial charge in [-0.3, -0.25) is 10.1 Å². The first-order valence-electron chi connectivity index (χ1n) is 5.55. The lowest BCUT2D eigenvalue weighted by Gasteiger charge is -2.05. The first-order chi connectivity index (χ1) is 9.06. The van der Waals surface area contributed by atoms with Crippen molar-refractivity contribution in [1.29, 1.82) is 0 Å². The van der Waals surface area contributed by atoms with E-state index in [1.165, 1.54) is 12.1 Å². The number of rotatable bonds is 5. The number of pyridine rings is 1. The van der Waals surface area contributed by atoms with Crippen LogP contribution in [-0.4, -0.2) is 31.2 Å². The van der Waals surface area contributed by atoms with Gasteiger partial charge in [0, 0.05) is 20.0 Å². The van der Waals surface area contributed by atoms with E-state index in [0.717, 1.165) is 5.82 Å². The molecule has 0 aliphatic rings. The SMILES string of the molecule is Cn1cnnc1CCNc1cc([N+](=O)[O-])cc(N)n1. The van der Waals surface area contributed by atoms with E-state index in [-0.39, 0.29) is 11.5 Å². The van der Waals surface area contributed by atoms with Crippen LogP contribution in [0.5, 0.6) is 0 Å². The second-order valence-corrected chi connectivity index (χ2v) is 3.93. The van der Waals surface area contributed by atoms with Gasteiger partial charge in [-0.05, 0) is 0 Å². The second-order valence-electron chi connectivity index (χ2n) is 3.93. The minimum absolute atomic E-state index is 0.0892. The van der Waals surface area contributed by atoms with Crippen molar-refractivity contribution in [2.24, 2.45) is 7.05 Å². The third-order valence-electron chi connectivity index (χ3n) is 2.50. The van der Waals surface area contributed by atoms with Gasteiger partial charge in [-0.1, -0.05) is 0 Å². The Morgan fingerprint density at radius 1 is 1.53 bits per heavy atom. The molecule has 2 aromatic rings. The summed E-state index contributed by atoms with van der Waals surface area (Å²) in [5.74, 6) is 1.29. The van der Waals surface area contributed by atoms with Crippen LogP contribution in [0.2, 0.25) is 0 Å². The molecule has 0 saturated heterocycles. The Bertz CT molecular complexity index is 595. The fourth-order valence-corrected chi connectivity index (χ4v) is 1.57. The molecular weight excluding hydrogens is 250 g/mol. The fraction of sp³-hybridized carbons (Fsp3) is 0.300. The zero-order chi connectivity index (χ0) is 13.8. The lowest BCUT2D eigenvalue weighted by molar-refractivity contribution is -0.384. The van der Waals surface area contributed by atoms with E-state index < -0.39 is 4.92 Å². The van der Waals surface area contributed by atoms with Gasteiger partial charge in [0.05, 0.1) is 17.1 Å². The monoisotopic (exact) mass is 263 g/mol. The van der Waals surface area contributed by atoms with Crippen molar-refractivity contribution in [2.45, 2.75) is 6.42 Å². The molecule has 3 N–H and O–H groups in total. The Balaban J connectivity index is 2.00. The van der Waals surface area contributed by atoms with E-state index in [2.05, 4.69) is 20.5 Å². The van der Waals surface area contributed by atoms with Crippen LogP contribution >= 0.6 is 0 Å². The molecule has 9 nitrogen and oxygen atoms in total. The standard InChI is InChI=1S/C10H13N7O2/c1-16-6-13-15-10(16)2-3-12-9-5-7(17(18)19)4-8(11)14-9/h4-6H,2-3H2,1H3,(H3,11,12,14). The molecule has 0 aromatic carbocycles. The molecule has 2 rings (SSSR count). The second kappa shape index (κ2) is 5.29. The van der Waals surface area contributed by atoms with Gasteiger partial charge in [-0.25, -0.2) is 4.98 Å². The lowest BCUT2D eigenvalue weighted by Crippen LogP contribution is -2.10. The molecular formula is C10H13N7O2. The quantitative estimate of drug-likeness (QED) is 0.589. The van der Waals surface area contributed by atoms with Gasteiger partial charge in [0.2, 0.25) is 0 Å². The van der Waals surface area contributed by atoms with Gasteiger partial charge in [-0.2, -0.15) is 0 Å². The highest BCUT2D eigenvalue weighted by Crippen LogP contribution is 2.18. The molecule has 0 atom stereocenters. The molecule has 0 bridgehead atoms. The van der Waals surface area contributed by atoms with Gasteiger partial charge in [0.25, 0.3) is 5.69 Å². The number of hydrogen-bond donors (Lipinski definition) is 2. The maximum Gasteiger partial charge on any atom is 0.276 e. The predicted molar refractivity (Wildman–Crippen MR) is 68.5 cm³/mol. The van der Waals surface area contributed by atoms with E-state index in [0.29, 0.717) is 18.8 Å². The summed E-state index contributed by atoms with van der Waals surface area (Å²) in [6, 6.07) is 2.56. The molecule has 100 valence electrons. The Morgan fingerprint density at radius 2 is 2.32 bits per heavy atom. The van der Waals surface area contributed by atoms with Crippen LogP contribution in [0.25, 0.3) is 0 Å². The topological polar surface area (TPSA) is 125 Å². The average Bonchev–Trinajstić information content (AvgIpc) is 2.74. The number of nitrogen functional groups attached to an aromatic ring is 1. The molecule has 0 spiro atoms. The summed E-state index contributed by atoms with van der Waals surface area (Å²) >= 11 is 0. The van der Waals surface area contributed by atoms with E-state index in [9.17, 15) is 10.1 Å². The largest absolute Gasteiger partial charge is 0.383 e. The van der Waals surface area contributed by atoms with Gasteiger partial charge < -0.3 is 15.6 Å². The Morgan fingerprint density at radius 3 is 2.95 bits per heavy atom. The van der Waals surface area contributed by atoms with Crippen molar-refractivity contribution in [1.82, 2.24) is 19.7 Å². The van der Waals surface area contributed by atoms with E-state index in [1.54, 1.807) is 10.9 Å². The van der Waals surface area contributed by atoms with Crippen molar-refractivity contribution in [3.8, 4) is 0 Å².